The molecule has 0 aromatic heterocycles. The lowest BCUT2D eigenvalue weighted by Gasteiger charge is -2.05. The summed E-state index contributed by atoms with van der Waals surface area (Å²) in [4.78, 5) is 0. The molecule has 4 heteroatoms. The predicted octanol–water partition coefficient (Wildman–Crippen LogP) is 2.47. The van der Waals surface area contributed by atoms with Crippen LogP contribution in [0.4, 0.5) is 8.78 Å². The van der Waals surface area contributed by atoms with E-state index in [9.17, 15) is 8.78 Å². The summed E-state index contributed by atoms with van der Waals surface area (Å²) in [5, 5.41) is 0. The molecule has 15 heavy (non-hydrogen) atoms. The molecule has 0 saturated heterocycles. The van der Waals surface area contributed by atoms with Crippen LogP contribution in [0.5, 0.6) is 5.75 Å². The zero-order valence-corrected chi connectivity index (χ0v) is 8.51. The van der Waals surface area contributed by atoms with Gasteiger partial charge in [-0.25, -0.2) is 8.78 Å². The van der Waals surface area contributed by atoms with Crippen molar-refractivity contribution in [2.75, 3.05) is 13.2 Å². The van der Waals surface area contributed by atoms with E-state index in [1.54, 1.807) is 0 Å². The van der Waals surface area contributed by atoms with Gasteiger partial charge < -0.3 is 10.5 Å². The van der Waals surface area contributed by atoms with Crippen LogP contribution in [0.25, 0.3) is 0 Å². The van der Waals surface area contributed by atoms with Crippen molar-refractivity contribution in [2.45, 2.75) is 19.3 Å². The molecule has 2 N–H and O–H groups in total. The molecule has 0 unspecified atom stereocenters. The Morgan fingerprint density at radius 1 is 1.07 bits per heavy atom. The van der Waals surface area contributed by atoms with Crippen molar-refractivity contribution in [3.05, 3.63) is 29.8 Å². The van der Waals surface area contributed by atoms with Crippen molar-refractivity contribution in [3.8, 4) is 5.75 Å². The number of halogens is 2. The molecule has 0 heterocycles. The van der Waals surface area contributed by atoms with Crippen LogP contribution in [0.15, 0.2) is 18.2 Å². The van der Waals surface area contributed by atoms with Gasteiger partial charge >= 0.3 is 0 Å². The monoisotopic (exact) mass is 215 g/mol. The third kappa shape index (κ3) is 4.25. The fraction of sp³-hybridized carbons (Fsp3) is 0.455. The average molecular weight is 215 g/mol. The van der Waals surface area contributed by atoms with Gasteiger partial charge in [0, 0.05) is 6.07 Å². The summed E-state index contributed by atoms with van der Waals surface area (Å²) in [6.45, 7) is 1.18. The number of benzene rings is 1. The van der Waals surface area contributed by atoms with Gasteiger partial charge in [0.05, 0.1) is 6.61 Å². The van der Waals surface area contributed by atoms with Gasteiger partial charge in [-0.15, -0.1) is 0 Å². The third-order valence-electron chi connectivity index (χ3n) is 2.01. The first-order valence-corrected chi connectivity index (χ1v) is 5.02. The molecule has 0 saturated carbocycles. The highest BCUT2D eigenvalue weighted by Crippen LogP contribution is 2.15. The zero-order valence-electron chi connectivity index (χ0n) is 8.51. The van der Waals surface area contributed by atoms with E-state index >= 15 is 0 Å². The molecule has 0 atom stereocenters. The molecule has 0 radical (unpaired) electrons. The van der Waals surface area contributed by atoms with Crippen LogP contribution < -0.4 is 10.5 Å². The highest BCUT2D eigenvalue weighted by Gasteiger charge is 2.02. The van der Waals surface area contributed by atoms with Gasteiger partial charge in [0.25, 0.3) is 0 Å². The minimum atomic E-state index is -0.880. The first-order chi connectivity index (χ1) is 7.24. The Labute approximate surface area is 88.0 Å². The van der Waals surface area contributed by atoms with Crippen LogP contribution in [-0.2, 0) is 0 Å². The summed E-state index contributed by atoms with van der Waals surface area (Å²) < 4.78 is 30.5. The topological polar surface area (TPSA) is 35.2 Å². The molecule has 84 valence electrons. The Balaban J connectivity index is 2.28. The van der Waals surface area contributed by atoms with Crippen LogP contribution in [0.2, 0.25) is 0 Å². The van der Waals surface area contributed by atoms with Crippen LogP contribution >= 0.6 is 0 Å². The second kappa shape index (κ2) is 6.35. The Morgan fingerprint density at radius 2 is 1.87 bits per heavy atom. The van der Waals surface area contributed by atoms with Crippen LogP contribution in [0, 0.1) is 11.6 Å². The van der Waals surface area contributed by atoms with Crippen LogP contribution in [0.3, 0.4) is 0 Å². The molecule has 0 amide bonds. The van der Waals surface area contributed by atoms with Crippen LogP contribution in [-0.4, -0.2) is 13.2 Å². The van der Waals surface area contributed by atoms with Gasteiger partial charge in [-0.3, -0.25) is 0 Å². The van der Waals surface area contributed by atoms with Crippen molar-refractivity contribution < 1.29 is 13.5 Å². The molecular weight excluding hydrogens is 200 g/mol. The van der Waals surface area contributed by atoms with Crippen molar-refractivity contribution in [3.63, 3.8) is 0 Å². The van der Waals surface area contributed by atoms with E-state index in [4.69, 9.17) is 10.5 Å². The molecule has 1 rings (SSSR count). The summed E-state index contributed by atoms with van der Waals surface area (Å²) in [6.07, 6.45) is 2.82. The third-order valence-corrected chi connectivity index (χ3v) is 2.01. The normalized spacial score (nSPS) is 10.3. The van der Waals surface area contributed by atoms with E-state index in [1.807, 2.05) is 0 Å². The maximum atomic E-state index is 12.7. The summed E-state index contributed by atoms with van der Waals surface area (Å²) in [6, 6.07) is 3.53. The number of unbranched alkanes of at least 4 members (excludes halogenated alkanes) is 2. The molecule has 0 spiro atoms. The molecule has 0 aliphatic rings. The Bertz CT molecular complexity index is 305. The zero-order chi connectivity index (χ0) is 11.1. The SMILES string of the molecule is NCCCCCOc1ccc(F)c(F)c1. The standard InChI is InChI=1S/C11H15F2NO/c12-10-5-4-9(8-11(10)13)15-7-3-1-2-6-14/h4-5,8H,1-3,6-7,14H2. The van der Waals surface area contributed by atoms with E-state index in [0.717, 1.165) is 31.4 Å². The fourth-order valence-corrected chi connectivity index (χ4v) is 1.18. The van der Waals surface area contributed by atoms with E-state index in [-0.39, 0.29) is 0 Å². The maximum absolute atomic E-state index is 12.7. The first kappa shape index (κ1) is 11.9. The lowest BCUT2D eigenvalue weighted by atomic mass is 10.2. The summed E-state index contributed by atoms with van der Waals surface area (Å²) >= 11 is 0. The summed E-state index contributed by atoms with van der Waals surface area (Å²) in [5.41, 5.74) is 5.33. The van der Waals surface area contributed by atoms with Crippen molar-refractivity contribution in [1.29, 1.82) is 0 Å². The van der Waals surface area contributed by atoms with Crippen LogP contribution in [0.1, 0.15) is 19.3 Å². The van der Waals surface area contributed by atoms with Gasteiger partial charge in [0.2, 0.25) is 0 Å². The molecule has 0 aliphatic carbocycles. The summed E-state index contributed by atoms with van der Waals surface area (Å²) in [5.74, 6) is -1.37. The highest BCUT2D eigenvalue weighted by molar-refractivity contribution is 5.23. The minimum Gasteiger partial charge on any atom is -0.493 e. The molecule has 0 bridgehead atoms. The minimum absolute atomic E-state index is 0.363. The van der Waals surface area contributed by atoms with Crippen molar-refractivity contribution in [1.82, 2.24) is 0 Å². The summed E-state index contributed by atoms with van der Waals surface area (Å²) in [7, 11) is 0. The average Bonchev–Trinajstić information content (AvgIpc) is 2.23. The molecule has 0 fully saturated rings. The quantitative estimate of drug-likeness (QED) is 0.740. The van der Waals surface area contributed by atoms with Crippen molar-refractivity contribution in [2.24, 2.45) is 5.73 Å². The maximum Gasteiger partial charge on any atom is 0.162 e. The van der Waals surface area contributed by atoms with Gasteiger partial charge in [-0.2, -0.15) is 0 Å². The number of rotatable bonds is 6. The number of ether oxygens (including phenoxy) is 1. The number of hydrogen-bond donors (Lipinski definition) is 1. The lowest BCUT2D eigenvalue weighted by Crippen LogP contribution is -2.01. The molecule has 1 aromatic carbocycles. The van der Waals surface area contributed by atoms with Gasteiger partial charge in [0.1, 0.15) is 5.75 Å². The van der Waals surface area contributed by atoms with E-state index in [0.29, 0.717) is 18.9 Å². The first-order valence-electron chi connectivity index (χ1n) is 5.02. The van der Waals surface area contributed by atoms with E-state index in [1.165, 1.54) is 6.07 Å². The van der Waals surface area contributed by atoms with Gasteiger partial charge in [0.15, 0.2) is 11.6 Å². The van der Waals surface area contributed by atoms with Gasteiger partial charge in [-0.05, 0) is 37.9 Å². The predicted molar refractivity (Wildman–Crippen MR) is 54.8 cm³/mol. The smallest absolute Gasteiger partial charge is 0.162 e. The second-order valence-electron chi connectivity index (χ2n) is 3.27. The Kier molecular flexibility index (Phi) is 5.04. The largest absolute Gasteiger partial charge is 0.493 e. The molecule has 1 aromatic rings. The van der Waals surface area contributed by atoms with E-state index in [2.05, 4.69) is 0 Å². The van der Waals surface area contributed by atoms with E-state index < -0.39 is 11.6 Å². The molecular formula is C11H15F2NO. The highest BCUT2D eigenvalue weighted by atomic mass is 19.2. The molecule has 0 aliphatic heterocycles. The second-order valence-corrected chi connectivity index (χ2v) is 3.27. The molecule has 2 nitrogen and oxygen atoms in total. The lowest BCUT2D eigenvalue weighted by molar-refractivity contribution is 0.303. The number of nitrogens with two attached hydrogens (primary N) is 1. The number of hydrogen-bond acceptors (Lipinski definition) is 2. The van der Waals surface area contributed by atoms with Crippen molar-refractivity contribution >= 4 is 0 Å². The Morgan fingerprint density at radius 3 is 2.53 bits per heavy atom. The van der Waals surface area contributed by atoms with Gasteiger partial charge in [-0.1, -0.05) is 0 Å². The fourth-order valence-electron chi connectivity index (χ4n) is 1.18. The Hall–Kier alpha value is -1.16.